The van der Waals surface area contributed by atoms with Crippen LogP contribution in [0, 0.1) is 0 Å². The Morgan fingerprint density at radius 2 is 2.00 bits per heavy atom. The molecule has 2 N–H and O–H groups in total. The van der Waals surface area contributed by atoms with E-state index in [9.17, 15) is 4.79 Å². The Labute approximate surface area is 141 Å². The first-order chi connectivity index (χ1) is 9.87. The summed E-state index contributed by atoms with van der Waals surface area (Å²) in [5.74, 6) is -0.0565. The van der Waals surface area contributed by atoms with Gasteiger partial charge in [-0.25, -0.2) is 0 Å². The van der Waals surface area contributed by atoms with Gasteiger partial charge in [-0.2, -0.15) is 0 Å². The van der Waals surface area contributed by atoms with Gasteiger partial charge in [-0.05, 0) is 25.9 Å². The number of methoxy groups -OCH3 is 1. The number of carbonyl (C=O) groups excluding carboxylic acids is 1. The van der Waals surface area contributed by atoms with Crippen molar-refractivity contribution in [2.75, 3.05) is 20.2 Å². The van der Waals surface area contributed by atoms with Gasteiger partial charge in [0.05, 0.1) is 6.54 Å². The quantitative estimate of drug-likeness (QED) is 0.865. The topological polar surface area (TPSA) is 76.1 Å². The second-order valence-corrected chi connectivity index (χ2v) is 7.44. The summed E-state index contributed by atoms with van der Waals surface area (Å²) in [6.07, 6.45) is 1.39. The molecular weight excluding hydrogens is 324 g/mol. The number of ether oxygens (including phenoxy) is 1. The number of amides is 1. The number of rotatable bonds is 4. The molecule has 1 amide bonds. The van der Waals surface area contributed by atoms with Crippen LogP contribution < -0.4 is 10.6 Å². The lowest BCUT2D eigenvalue weighted by Gasteiger charge is -2.34. The molecule has 0 aromatic carbocycles. The summed E-state index contributed by atoms with van der Waals surface area (Å²) in [6, 6.07) is 0. The molecule has 0 atom stereocenters. The van der Waals surface area contributed by atoms with E-state index >= 15 is 0 Å². The Balaban J connectivity index is 0.00000242. The van der Waals surface area contributed by atoms with Crippen LogP contribution in [0.1, 0.15) is 43.6 Å². The molecule has 6 nitrogen and oxygen atoms in total. The molecule has 1 fully saturated rings. The van der Waals surface area contributed by atoms with Gasteiger partial charge in [0.25, 0.3) is 5.91 Å². The molecule has 1 saturated heterocycles. The molecule has 2 heterocycles. The molecular formula is C14H25ClN4O2S. The molecule has 0 radical (unpaired) electrons. The Morgan fingerprint density at radius 1 is 1.36 bits per heavy atom. The van der Waals surface area contributed by atoms with Crippen molar-refractivity contribution in [3.8, 4) is 0 Å². The molecule has 1 aromatic heterocycles. The number of hydrogen-bond acceptors (Lipinski definition) is 6. The highest BCUT2D eigenvalue weighted by Gasteiger charge is 2.39. The molecule has 1 aromatic rings. The number of carbonyl (C=O) groups is 1. The summed E-state index contributed by atoms with van der Waals surface area (Å²) in [4.78, 5) is 12.4. The summed E-state index contributed by atoms with van der Waals surface area (Å²) < 4.78 is 5.50. The minimum Gasteiger partial charge on any atom is -0.368 e. The van der Waals surface area contributed by atoms with Crippen LogP contribution in [0.5, 0.6) is 0 Å². The lowest BCUT2D eigenvalue weighted by Crippen LogP contribution is -2.53. The molecule has 0 bridgehead atoms. The molecule has 0 unspecified atom stereocenters. The van der Waals surface area contributed by atoms with Gasteiger partial charge in [-0.3, -0.25) is 4.79 Å². The number of nitrogens with zero attached hydrogens (tertiary/aromatic N) is 2. The van der Waals surface area contributed by atoms with E-state index in [-0.39, 0.29) is 23.7 Å². The summed E-state index contributed by atoms with van der Waals surface area (Å²) in [6.45, 7) is 8.31. The number of piperidine rings is 1. The molecule has 0 aliphatic carbocycles. The van der Waals surface area contributed by atoms with Gasteiger partial charge >= 0.3 is 0 Å². The van der Waals surface area contributed by atoms with Crippen LogP contribution in [0.3, 0.4) is 0 Å². The smallest absolute Gasteiger partial charge is 0.252 e. The second kappa shape index (κ2) is 7.68. The first-order valence-corrected chi connectivity index (χ1v) is 8.06. The van der Waals surface area contributed by atoms with E-state index in [4.69, 9.17) is 4.74 Å². The molecule has 1 aliphatic rings. The van der Waals surface area contributed by atoms with Crippen LogP contribution in [0.25, 0.3) is 0 Å². The maximum Gasteiger partial charge on any atom is 0.252 e. The van der Waals surface area contributed by atoms with Crippen molar-refractivity contribution in [3.05, 3.63) is 10.0 Å². The molecule has 0 saturated carbocycles. The zero-order valence-electron chi connectivity index (χ0n) is 13.6. The molecule has 1 aliphatic heterocycles. The highest BCUT2D eigenvalue weighted by atomic mass is 35.5. The maximum atomic E-state index is 12.4. The van der Waals surface area contributed by atoms with Gasteiger partial charge < -0.3 is 15.4 Å². The Kier molecular flexibility index (Phi) is 6.73. The predicted octanol–water partition coefficient (Wildman–Crippen LogP) is 1.64. The highest BCUT2D eigenvalue weighted by Crippen LogP contribution is 2.26. The van der Waals surface area contributed by atoms with E-state index in [0.717, 1.165) is 23.1 Å². The van der Waals surface area contributed by atoms with E-state index in [2.05, 4.69) is 41.6 Å². The fraction of sp³-hybridized carbons (Fsp3) is 0.786. The van der Waals surface area contributed by atoms with Crippen LogP contribution in [0.15, 0.2) is 0 Å². The van der Waals surface area contributed by atoms with Crippen LogP contribution in [-0.2, 0) is 21.5 Å². The number of halogens is 1. The maximum absolute atomic E-state index is 12.4. The summed E-state index contributed by atoms with van der Waals surface area (Å²) in [7, 11) is 1.60. The molecule has 8 heteroatoms. The van der Waals surface area contributed by atoms with Crippen molar-refractivity contribution in [2.24, 2.45) is 0 Å². The monoisotopic (exact) mass is 348 g/mol. The molecule has 0 spiro atoms. The largest absolute Gasteiger partial charge is 0.368 e. The zero-order valence-corrected chi connectivity index (χ0v) is 15.2. The standard InChI is InChI=1S/C14H24N4O2S.ClH/c1-13(2,3)12-18-17-10(21-12)9-16-11(19)14(20-4)5-7-15-8-6-14;/h15H,5-9H2,1-4H3,(H,16,19);1H. The van der Waals surface area contributed by atoms with Gasteiger partial charge in [0.15, 0.2) is 0 Å². The summed E-state index contributed by atoms with van der Waals surface area (Å²) in [5.41, 5.74) is -0.717. The third kappa shape index (κ3) is 4.38. The van der Waals surface area contributed by atoms with Gasteiger partial charge in [0.1, 0.15) is 15.6 Å². The first kappa shape index (κ1) is 19.3. The first-order valence-electron chi connectivity index (χ1n) is 7.24. The van der Waals surface area contributed by atoms with Gasteiger partial charge in [-0.1, -0.05) is 32.1 Å². The predicted molar refractivity (Wildman–Crippen MR) is 89.5 cm³/mol. The average Bonchev–Trinajstić information content (AvgIpc) is 2.94. The zero-order chi connectivity index (χ0) is 15.5. The minimum atomic E-state index is -0.706. The summed E-state index contributed by atoms with van der Waals surface area (Å²) in [5, 5.41) is 16.3. The number of aromatic nitrogens is 2. The van der Waals surface area contributed by atoms with Crippen LogP contribution in [0.2, 0.25) is 0 Å². The number of hydrogen-bond donors (Lipinski definition) is 2. The third-order valence-corrected chi connectivity index (χ3v) is 5.07. The van der Waals surface area contributed by atoms with Crippen LogP contribution in [-0.4, -0.2) is 41.9 Å². The molecule has 22 heavy (non-hydrogen) atoms. The van der Waals surface area contributed by atoms with E-state index < -0.39 is 5.60 Å². The Hall–Kier alpha value is -0.760. The van der Waals surface area contributed by atoms with Crippen molar-refractivity contribution in [2.45, 2.75) is 51.2 Å². The van der Waals surface area contributed by atoms with Gasteiger partial charge in [0, 0.05) is 12.5 Å². The fourth-order valence-electron chi connectivity index (χ4n) is 2.30. The van der Waals surface area contributed by atoms with Crippen molar-refractivity contribution in [1.82, 2.24) is 20.8 Å². The van der Waals surface area contributed by atoms with Crippen molar-refractivity contribution >= 4 is 29.7 Å². The van der Waals surface area contributed by atoms with E-state index in [1.165, 1.54) is 0 Å². The van der Waals surface area contributed by atoms with Crippen LogP contribution >= 0.6 is 23.7 Å². The van der Waals surface area contributed by atoms with Gasteiger partial charge in [-0.15, -0.1) is 22.6 Å². The SMILES string of the molecule is COC1(C(=O)NCc2nnc(C(C)(C)C)s2)CCNCC1.Cl. The van der Waals surface area contributed by atoms with Gasteiger partial charge in [0.2, 0.25) is 0 Å². The van der Waals surface area contributed by atoms with E-state index in [1.807, 2.05) is 0 Å². The minimum absolute atomic E-state index is 0. The van der Waals surface area contributed by atoms with E-state index in [1.54, 1.807) is 18.4 Å². The lowest BCUT2D eigenvalue weighted by molar-refractivity contribution is -0.146. The second-order valence-electron chi connectivity index (χ2n) is 6.38. The number of nitrogens with one attached hydrogen (secondary N) is 2. The summed E-state index contributed by atoms with van der Waals surface area (Å²) >= 11 is 1.54. The van der Waals surface area contributed by atoms with Crippen molar-refractivity contribution in [1.29, 1.82) is 0 Å². The Bertz CT molecular complexity index is 495. The highest BCUT2D eigenvalue weighted by molar-refractivity contribution is 7.11. The molecule has 126 valence electrons. The van der Waals surface area contributed by atoms with E-state index in [0.29, 0.717) is 19.4 Å². The third-order valence-electron chi connectivity index (χ3n) is 3.72. The van der Waals surface area contributed by atoms with Crippen molar-refractivity contribution in [3.63, 3.8) is 0 Å². The molecule has 2 rings (SSSR count). The average molecular weight is 349 g/mol. The van der Waals surface area contributed by atoms with Crippen LogP contribution in [0.4, 0.5) is 0 Å². The Morgan fingerprint density at radius 3 is 2.50 bits per heavy atom. The van der Waals surface area contributed by atoms with Crippen molar-refractivity contribution < 1.29 is 9.53 Å². The normalized spacial score (nSPS) is 17.6. The fourth-order valence-corrected chi connectivity index (χ4v) is 3.14. The lowest BCUT2D eigenvalue weighted by atomic mass is 9.91.